The standard InChI is InChI=1S/C13H17FOS/c1-13(14,11-3-2-8-16-9-11)10-4-6-12(15)7-5-10/h4-7,11,15H,2-3,8-9H2,1H3. The van der Waals surface area contributed by atoms with E-state index in [1.54, 1.807) is 31.2 Å². The van der Waals surface area contributed by atoms with Crippen molar-refractivity contribution in [1.29, 1.82) is 0 Å². The number of phenolic OH excluding ortho intramolecular Hbond substituents is 1. The average Bonchev–Trinajstić information content (AvgIpc) is 2.31. The maximum Gasteiger partial charge on any atom is 0.136 e. The molecule has 0 radical (unpaired) electrons. The third-order valence-corrected chi connectivity index (χ3v) is 4.57. The van der Waals surface area contributed by atoms with Gasteiger partial charge in [0.05, 0.1) is 0 Å². The number of aromatic hydroxyl groups is 1. The molecule has 1 saturated heterocycles. The third kappa shape index (κ3) is 2.34. The molecule has 1 nitrogen and oxygen atoms in total. The summed E-state index contributed by atoms with van der Waals surface area (Å²) in [6.45, 7) is 1.66. The summed E-state index contributed by atoms with van der Waals surface area (Å²) >= 11 is 1.84. The molecule has 2 rings (SSSR count). The maximum absolute atomic E-state index is 14.7. The Kier molecular flexibility index (Phi) is 3.43. The molecule has 1 N–H and O–H groups in total. The number of rotatable bonds is 2. The predicted molar refractivity (Wildman–Crippen MR) is 66.6 cm³/mol. The summed E-state index contributed by atoms with van der Waals surface area (Å²) in [6.07, 6.45) is 2.06. The number of benzene rings is 1. The summed E-state index contributed by atoms with van der Waals surface area (Å²) in [5.41, 5.74) is -0.598. The lowest BCUT2D eigenvalue weighted by Gasteiger charge is -2.33. The number of hydrogen-bond donors (Lipinski definition) is 1. The van der Waals surface area contributed by atoms with E-state index in [0.29, 0.717) is 5.56 Å². The Morgan fingerprint density at radius 3 is 2.62 bits per heavy atom. The zero-order valence-electron chi connectivity index (χ0n) is 9.45. The fourth-order valence-electron chi connectivity index (χ4n) is 2.19. The number of alkyl halides is 1. The zero-order chi connectivity index (χ0) is 11.6. The first-order valence-electron chi connectivity index (χ1n) is 5.67. The summed E-state index contributed by atoms with van der Waals surface area (Å²) in [6, 6.07) is 6.50. The largest absolute Gasteiger partial charge is 0.508 e. The highest BCUT2D eigenvalue weighted by molar-refractivity contribution is 7.99. The molecular weight excluding hydrogens is 223 g/mol. The van der Waals surface area contributed by atoms with Crippen molar-refractivity contribution in [3.05, 3.63) is 29.8 Å². The lowest BCUT2D eigenvalue weighted by molar-refractivity contribution is 0.106. The van der Waals surface area contributed by atoms with Crippen LogP contribution in [-0.4, -0.2) is 16.6 Å². The Morgan fingerprint density at radius 2 is 2.06 bits per heavy atom. The van der Waals surface area contributed by atoms with Crippen molar-refractivity contribution in [2.75, 3.05) is 11.5 Å². The van der Waals surface area contributed by atoms with Crippen molar-refractivity contribution in [2.24, 2.45) is 5.92 Å². The highest BCUT2D eigenvalue weighted by Crippen LogP contribution is 2.41. The highest BCUT2D eigenvalue weighted by Gasteiger charge is 2.36. The fraction of sp³-hybridized carbons (Fsp3) is 0.538. The van der Waals surface area contributed by atoms with Gasteiger partial charge in [0.2, 0.25) is 0 Å². The molecular formula is C13H17FOS. The van der Waals surface area contributed by atoms with Crippen LogP contribution in [0, 0.1) is 5.92 Å². The number of hydrogen-bond acceptors (Lipinski definition) is 2. The molecule has 1 fully saturated rings. The van der Waals surface area contributed by atoms with E-state index < -0.39 is 5.67 Å². The van der Waals surface area contributed by atoms with Gasteiger partial charge in [-0.25, -0.2) is 4.39 Å². The quantitative estimate of drug-likeness (QED) is 0.850. The van der Waals surface area contributed by atoms with Crippen LogP contribution >= 0.6 is 11.8 Å². The van der Waals surface area contributed by atoms with E-state index in [4.69, 9.17) is 0 Å². The van der Waals surface area contributed by atoms with Crippen molar-refractivity contribution >= 4 is 11.8 Å². The van der Waals surface area contributed by atoms with Crippen LogP contribution in [-0.2, 0) is 5.67 Å². The molecule has 1 aromatic carbocycles. The van der Waals surface area contributed by atoms with Crippen LogP contribution in [0.1, 0.15) is 25.3 Å². The molecule has 0 amide bonds. The predicted octanol–water partition coefficient (Wildman–Crippen LogP) is 3.72. The van der Waals surface area contributed by atoms with Gasteiger partial charge < -0.3 is 5.11 Å². The Hall–Kier alpha value is -0.700. The molecule has 2 atom stereocenters. The number of halogens is 1. The van der Waals surface area contributed by atoms with Crippen LogP contribution < -0.4 is 0 Å². The first-order valence-corrected chi connectivity index (χ1v) is 6.82. The summed E-state index contributed by atoms with van der Waals surface area (Å²) in [7, 11) is 0. The average molecular weight is 240 g/mol. The van der Waals surface area contributed by atoms with Crippen LogP contribution in [0.15, 0.2) is 24.3 Å². The summed E-state index contributed by atoms with van der Waals surface area (Å²) in [5, 5.41) is 9.21. The maximum atomic E-state index is 14.7. The van der Waals surface area contributed by atoms with Crippen molar-refractivity contribution in [2.45, 2.75) is 25.4 Å². The second kappa shape index (κ2) is 4.66. The van der Waals surface area contributed by atoms with E-state index in [1.807, 2.05) is 11.8 Å². The first-order chi connectivity index (χ1) is 7.60. The van der Waals surface area contributed by atoms with Crippen molar-refractivity contribution in [1.82, 2.24) is 0 Å². The molecule has 2 unspecified atom stereocenters. The van der Waals surface area contributed by atoms with E-state index in [1.165, 1.54) is 0 Å². The van der Waals surface area contributed by atoms with Gasteiger partial charge >= 0.3 is 0 Å². The lowest BCUT2D eigenvalue weighted by Crippen LogP contribution is -2.31. The fourth-order valence-corrected chi connectivity index (χ4v) is 3.49. The second-order valence-corrected chi connectivity index (χ2v) is 5.69. The number of phenols is 1. The molecule has 0 aliphatic carbocycles. The molecule has 1 heterocycles. The summed E-state index contributed by atoms with van der Waals surface area (Å²) in [4.78, 5) is 0. The van der Waals surface area contributed by atoms with E-state index in [9.17, 15) is 9.50 Å². The van der Waals surface area contributed by atoms with Crippen LogP contribution in [0.25, 0.3) is 0 Å². The van der Waals surface area contributed by atoms with Crippen molar-refractivity contribution < 1.29 is 9.50 Å². The SMILES string of the molecule is CC(F)(c1ccc(O)cc1)C1CCCSC1. The minimum atomic E-state index is -1.28. The molecule has 0 spiro atoms. The minimum absolute atomic E-state index is 0.0933. The zero-order valence-corrected chi connectivity index (χ0v) is 10.3. The molecule has 16 heavy (non-hydrogen) atoms. The van der Waals surface area contributed by atoms with Gasteiger partial charge in [-0.2, -0.15) is 11.8 Å². The topological polar surface area (TPSA) is 20.2 Å². The molecule has 1 aliphatic rings. The van der Waals surface area contributed by atoms with Gasteiger partial charge in [-0.05, 0) is 49.0 Å². The molecule has 88 valence electrons. The second-order valence-electron chi connectivity index (χ2n) is 4.54. The monoisotopic (exact) mass is 240 g/mol. The molecule has 1 aromatic rings. The Labute approximate surface area is 100 Å². The molecule has 0 bridgehead atoms. The first kappa shape index (κ1) is 11.8. The van der Waals surface area contributed by atoms with E-state index >= 15 is 0 Å². The third-order valence-electron chi connectivity index (χ3n) is 3.36. The van der Waals surface area contributed by atoms with Crippen molar-refractivity contribution in [3.63, 3.8) is 0 Å². The smallest absolute Gasteiger partial charge is 0.136 e. The van der Waals surface area contributed by atoms with E-state index in [-0.39, 0.29) is 11.7 Å². The van der Waals surface area contributed by atoms with E-state index in [0.717, 1.165) is 24.3 Å². The van der Waals surface area contributed by atoms with Crippen LogP contribution in [0.3, 0.4) is 0 Å². The summed E-state index contributed by atoms with van der Waals surface area (Å²) < 4.78 is 14.7. The van der Waals surface area contributed by atoms with Gasteiger partial charge in [0.1, 0.15) is 11.4 Å². The highest BCUT2D eigenvalue weighted by atomic mass is 32.2. The van der Waals surface area contributed by atoms with Gasteiger partial charge in [-0.15, -0.1) is 0 Å². The Balaban J connectivity index is 2.19. The lowest BCUT2D eigenvalue weighted by atomic mass is 9.83. The molecule has 1 aliphatic heterocycles. The van der Waals surface area contributed by atoms with Crippen LogP contribution in [0.2, 0.25) is 0 Å². The number of thioether (sulfide) groups is 1. The van der Waals surface area contributed by atoms with Gasteiger partial charge in [0.25, 0.3) is 0 Å². The van der Waals surface area contributed by atoms with Gasteiger partial charge in [-0.1, -0.05) is 12.1 Å². The van der Waals surface area contributed by atoms with Gasteiger partial charge in [0, 0.05) is 5.92 Å². The Bertz CT molecular complexity index is 341. The van der Waals surface area contributed by atoms with E-state index in [2.05, 4.69) is 0 Å². The van der Waals surface area contributed by atoms with Crippen LogP contribution in [0.4, 0.5) is 4.39 Å². The summed E-state index contributed by atoms with van der Waals surface area (Å²) in [5.74, 6) is 2.34. The van der Waals surface area contributed by atoms with Gasteiger partial charge in [-0.3, -0.25) is 0 Å². The normalized spacial score (nSPS) is 25.0. The Morgan fingerprint density at radius 1 is 1.38 bits per heavy atom. The van der Waals surface area contributed by atoms with Crippen molar-refractivity contribution in [3.8, 4) is 5.75 Å². The van der Waals surface area contributed by atoms with Crippen LogP contribution in [0.5, 0.6) is 5.75 Å². The molecule has 0 saturated carbocycles. The molecule has 0 aromatic heterocycles. The van der Waals surface area contributed by atoms with Gasteiger partial charge in [0.15, 0.2) is 0 Å². The minimum Gasteiger partial charge on any atom is -0.508 e. The molecule has 3 heteroatoms.